The molecule has 0 saturated carbocycles. The Bertz CT molecular complexity index is 544. The second-order valence-corrected chi connectivity index (χ2v) is 23.0. The summed E-state index contributed by atoms with van der Waals surface area (Å²) in [4.78, 5) is 0. The first kappa shape index (κ1) is 22.4. The van der Waals surface area contributed by atoms with E-state index in [9.17, 15) is 0 Å². The molecule has 0 N–H and O–H groups in total. The molecule has 0 fully saturated rings. The van der Waals surface area contributed by atoms with Crippen LogP contribution in [0.5, 0.6) is 0 Å². The molecule has 2 rings (SSSR count). The number of rotatable bonds is 9. The monoisotopic (exact) mass is 478 g/mol. The molecule has 0 aromatic heterocycles. The topological polar surface area (TPSA) is 0 Å². The van der Waals surface area contributed by atoms with Crippen molar-refractivity contribution in [1.82, 2.24) is 0 Å². The Balaban J connectivity index is 2.73. The van der Waals surface area contributed by atoms with E-state index in [0.29, 0.717) is 0 Å². The van der Waals surface area contributed by atoms with Gasteiger partial charge in [0, 0.05) is 0 Å². The molecule has 0 aromatic rings. The van der Waals surface area contributed by atoms with Crippen LogP contribution in [0.4, 0.5) is 0 Å². The van der Waals surface area contributed by atoms with Gasteiger partial charge < -0.3 is 0 Å². The van der Waals surface area contributed by atoms with Gasteiger partial charge in [0.25, 0.3) is 0 Å². The number of hydrogen-bond donors (Lipinski definition) is 0. The second kappa shape index (κ2) is 10.0. The molecular formula is C24H40As2. The van der Waals surface area contributed by atoms with E-state index in [2.05, 4.69) is 55.4 Å². The van der Waals surface area contributed by atoms with E-state index in [0.717, 1.165) is 0 Å². The second-order valence-electron chi connectivity index (χ2n) is 7.15. The van der Waals surface area contributed by atoms with Crippen LogP contribution in [-0.2, 0) is 0 Å². The summed E-state index contributed by atoms with van der Waals surface area (Å²) in [7, 11) is 0. The average molecular weight is 478 g/mol. The molecular weight excluding hydrogens is 438 g/mol. The van der Waals surface area contributed by atoms with Gasteiger partial charge >= 0.3 is 172 Å². The number of allylic oxidation sites excluding steroid dienone is 8. The van der Waals surface area contributed by atoms with E-state index in [1.165, 1.54) is 51.4 Å². The van der Waals surface area contributed by atoms with E-state index >= 15 is 0 Å². The van der Waals surface area contributed by atoms with Crippen LogP contribution in [0, 0.1) is 0 Å². The van der Waals surface area contributed by atoms with Crippen LogP contribution in [0.1, 0.15) is 107 Å². The van der Waals surface area contributed by atoms with Gasteiger partial charge in [0.05, 0.1) is 0 Å². The van der Waals surface area contributed by atoms with Gasteiger partial charge in [-0.2, -0.15) is 0 Å². The fourth-order valence-corrected chi connectivity index (χ4v) is 37.6. The molecule has 0 atom stereocenters. The van der Waals surface area contributed by atoms with Crippen molar-refractivity contribution in [3.63, 3.8) is 0 Å². The standard InChI is InChI=1S/C24H40As2/c1-9-17-18(10-2)22(14-6)25(21(17)13-5)26-23(15-7)19(11-3)20(12-4)24(26)16-8/h9-16H2,1-8H3. The molecule has 2 heteroatoms. The van der Waals surface area contributed by atoms with Crippen molar-refractivity contribution < 1.29 is 0 Å². The summed E-state index contributed by atoms with van der Waals surface area (Å²) in [6, 6.07) is 0. The Morgan fingerprint density at radius 2 is 0.538 bits per heavy atom. The van der Waals surface area contributed by atoms with Crippen LogP contribution in [-0.4, -0.2) is 25.2 Å². The fourth-order valence-electron chi connectivity index (χ4n) is 5.14. The normalized spacial score (nSPS) is 19.8. The minimum atomic E-state index is -1.07. The van der Waals surface area contributed by atoms with Crippen LogP contribution in [0.25, 0.3) is 0 Å². The molecule has 0 unspecified atom stereocenters. The van der Waals surface area contributed by atoms with Crippen molar-refractivity contribution in [2.75, 3.05) is 0 Å². The van der Waals surface area contributed by atoms with Gasteiger partial charge in [-0.15, -0.1) is 0 Å². The quantitative estimate of drug-likeness (QED) is 0.298. The third-order valence-electron chi connectivity index (χ3n) is 6.10. The molecule has 2 heterocycles. The average Bonchev–Trinajstić information content (AvgIpc) is 3.16. The van der Waals surface area contributed by atoms with Gasteiger partial charge in [-0.3, -0.25) is 0 Å². The Labute approximate surface area is 171 Å². The summed E-state index contributed by atoms with van der Waals surface area (Å²) in [5, 5.41) is 0. The van der Waals surface area contributed by atoms with Gasteiger partial charge in [0.2, 0.25) is 0 Å². The summed E-state index contributed by atoms with van der Waals surface area (Å²) in [5.74, 6) is 0. The zero-order valence-electron chi connectivity index (χ0n) is 18.6. The van der Waals surface area contributed by atoms with Gasteiger partial charge in [0.1, 0.15) is 0 Å². The van der Waals surface area contributed by atoms with E-state index in [-0.39, 0.29) is 0 Å². The van der Waals surface area contributed by atoms with E-state index in [1.807, 2.05) is 39.7 Å². The zero-order valence-corrected chi connectivity index (χ0v) is 22.3. The van der Waals surface area contributed by atoms with Gasteiger partial charge in [0.15, 0.2) is 0 Å². The van der Waals surface area contributed by atoms with Crippen LogP contribution < -0.4 is 0 Å². The first-order valence-corrected chi connectivity index (χ1v) is 20.0. The van der Waals surface area contributed by atoms with E-state index < -0.39 is 25.2 Å². The first-order chi connectivity index (χ1) is 12.6. The summed E-state index contributed by atoms with van der Waals surface area (Å²) < 4.78 is 7.94. The summed E-state index contributed by atoms with van der Waals surface area (Å²) >= 11 is -2.14. The van der Waals surface area contributed by atoms with Crippen molar-refractivity contribution in [1.29, 1.82) is 0 Å². The Hall–Kier alpha value is 0.0769. The predicted molar refractivity (Wildman–Crippen MR) is 122 cm³/mol. The van der Waals surface area contributed by atoms with Crippen LogP contribution in [0.15, 0.2) is 39.7 Å². The maximum atomic E-state index is 2.45. The van der Waals surface area contributed by atoms with Crippen molar-refractivity contribution in [3.05, 3.63) is 39.7 Å². The molecule has 146 valence electrons. The fraction of sp³-hybridized carbons (Fsp3) is 0.667. The summed E-state index contributed by atoms with van der Waals surface area (Å²) in [6.45, 7) is 19.4. The van der Waals surface area contributed by atoms with Gasteiger partial charge in [-0.25, -0.2) is 0 Å². The van der Waals surface area contributed by atoms with E-state index in [4.69, 9.17) is 0 Å². The molecule has 0 spiro atoms. The Morgan fingerprint density at radius 1 is 0.346 bits per heavy atom. The summed E-state index contributed by atoms with van der Waals surface area (Å²) in [6.07, 6.45) is 10.3. The molecule has 2 aliphatic rings. The van der Waals surface area contributed by atoms with E-state index in [1.54, 1.807) is 0 Å². The third kappa shape index (κ3) is 3.55. The molecule has 26 heavy (non-hydrogen) atoms. The first-order valence-electron chi connectivity index (χ1n) is 11.1. The van der Waals surface area contributed by atoms with Crippen molar-refractivity contribution >= 4 is 25.2 Å². The molecule has 0 nitrogen and oxygen atoms in total. The zero-order chi connectivity index (χ0) is 19.4. The molecule has 0 aromatic carbocycles. The van der Waals surface area contributed by atoms with Crippen LogP contribution in [0.2, 0.25) is 0 Å². The minimum absolute atomic E-state index is 1.07. The molecule has 0 saturated heterocycles. The van der Waals surface area contributed by atoms with Gasteiger partial charge in [-0.05, 0) is 0 Å². The molecule has 0 amide bonds. The molecule has 0 aliphatic carbocycles. The van der Waals surface area contributed by atoms with Crippen molar-refractivity contribution in [2.45, 2.75) is 107 Å². The summed E-state index contributed by atoms with van der Waals surface area (Å²) in [5.41, 5.74) is 7.26. The van der Waals surface area contributed by atoms with Crippen molar-refractivity contribution in [2.24, 2.45) is 0 Å². The molecule has 0 radical (unpaired) electrons. The predicted octanol–water partition coefficient (Wildman–Crippen LogP) is 7.70. The van der Waals surface area contributed by atoms with Crippen LogP contribution >= 0.6 is 0 Å². The van der Waals surface area contributed by atoms with Crippen molar-refractivity contribution in [3.8, 4) is 0 Å². The van der Waals surface area contributed by atoms with Gasteiger partial charge in [-0.1, -0.05) is 0 Å². The maximum absolute atomic E-state index is 2.45. The molecule has 2 aliphatic heterocycles. The third-order valence-corrected chi connectivity index (χ3v) is 31.0. The Morgan fingerprint density at radius 3 is 0.654 bits per heavy atom. The SMILES string of the molecule is CCC1=C(CC)[As]([As]2C(CC)=C(CC)C(CC)=C2CC)C(CC)=C1CC. The molecule has 0 bridgehead atoms. The Kier molecular flexibility index (Phi) is 8.63. The number of hydrogen-bond acceptors (Lipinski definition) is 0. The van der Waals surface area contributed by atoms with Crippen LogP contribution in [0.3, 0.4) is 0 Å².